The van der Waals surface area contributed by atoms with Gasteiger partial charge in [-0.05, 0) is 19.9 Å². The Hall–Kier alpha value is -3.47. The Morgan fingerprint density at radius 2 is 2.10 bits per heavy atom. The van der Waals surface area contributed by atoms with Crippen molar-refractivity contribution in [3.8, 4) is 0 Å². The number of thioether (sulfide) groups is 1. The van der Waals surface area contributed by atoms with Gasteiger partial charge in [-0.15, -0.1) is 11.8 Å². The van der Waals surface area contributed by atoms with E-state index < -0.39 is 82.1 Å². The first-order valence-corrected chi connectivity index (χ1v) is 13.4. The van der Waals surface area contributed by atoms with Crippen LogP contribution in [0.2, 0.25) is 0 Å². The number of thiazole rings is 1. The molecule has 3 aliphatic rings. The van der Waals surface area contributed by atoms with Crippen molar-refractivity contribution < 1.29 is 47.3 Å². The Morgan fingerprint density at radius 1 is 1.36 bits per heavy atom. The second-order valence-electron chi connectivity index (χ2n) is 9.00. The van der Waals surface area contributed by atoms with E-state index in [2.05, 4.69) is 14.8 Å². The van der Waals surface area contributed by atoms with Crippen molar-refractivity contribution in [2.75, 3.05) is 24.7 Å². The van der Waals surface area contributed by atoms with Crippen molar-refractivity contribution in [3.05, 3.63) is 22.5 Å². The van der Waals surface area contributed by atoms with Crippen LogP contribution in [0.3, 0.4) is 0 Å². The zero-order chi connectivity index (χ0) is 28.5. The van der Waals surface area contributed by atoms with E-state index in [1.54, 1.807) is 6.08 Å². The van der Waals surface area contributed by atoms with Crippen LogP contribution in [0.25, 0.3) is 0 Å². The summed E-state index contributed by atoms with van der Waals surface area (Å²) in [4.78, 5) is 72.9. The Kier molecular flexibility index (Phi) is 8.30. The zero-order valence-electron chi connectivity index (χ0n) is 20.7. The molecule has 4 heterocycles. The summed E-state index contributed by atoms with van der Waals surface area (Å²) in [6.45, 7) is 2.77. The zero-order valence-corrected chi connectivity index (χ0v) is 22.3. The number of halogens is 1. The summed E-state index contributed by atoms with van der Waals surface area (Å²) in [6, 6.07) is 0. The highest BCUT2D eigenvalue weighted by Gasteiger charge is 2.71. The van der Waals surface area contributed by atoms with Gasteiger partial charge in [0.15, 0.2) is 16.6 Å². The van der Waals surface area contributed by atoms with Gasteiger partial charge in [0.05, 0.1) is 17.7 Å². The number of ether oxygens (including phenoxy) is 2. The third-order valence-corrected chi connectivity index (χ3v) is 8.33. The van der Waals surface area contributed by atoms with Gasteiger partial charge in [0, 0.05) is 18.1 Å². The number of hydrogen-bond donors (Lipinski definition) is 1. The van der Waals surface area contributed by atoms with Gasteiger partial charge in [-0.1, -0.05) is 22.1 Å². The van der Waals surface area contributed by atoms with Crippen LogP contribution in [0.4, 0.5) is 9.52 Å². The number of fused-ring (bicyclic) bond motifs is 3. The second kappa shape index (κ2) is 11.3. The van der Waals surface area contributed by atoms with Gasteiger partial charge in [-0.25, -0.2) is 14.6 Å². The molecule has 0 aliphatic carbocycles. The molecule has 0 saturated carbocycles. The molecule has 4 rings (SSSR count). The molecular formula is C22H22BFN4O9S2. The number of nitrogens with two attached hydrogens (primary N) is 1. The van der Waals surface area contributed by atoms with E-state index in [1.165, 1.54) is 11.8 Å². The van der Waals surface area contributed by atoms with Crippen LogP contribution < -0.4 is 5.73 Å². The number of nitrogen functional groups attached to an aromatic ring is 1. The van der Waals surface area contributed by atoms with E-state index in [1.807, 2.05) is 13.8 Å². The number of rotatable bonds is 10. The summed E-state index contributed by atoms with van der Waals surface area (Å²) in [5, 5.41) is 1.68. The quantitative estimate of drug-likeness (QED) is 0.101. The summed E-state index contributed by atoms with van der Waals surface area (Å²) in [6.07, 6.45) is 1.11. The fourth-order valence-corrected chi connectivity index (χ4v) is 6.58. The van der Waals surface area contributed by atoms with Gasteiger partial charge in [-0.2, -0.15) is 4.39 Å². The number of esters is 2. The van der Waals surface area contributed by atoms with Gasteiger partial charge in [0.2, 0.25) is 17.6 Å². The minimum absolute atomic E-state index is 0.0746. The number of hydrogen-bond acceptors (Lipinski definition) is 14. The molecule has 206 valence electrons. The highest BCUT2D eigenvalue weighted by atomic mass is 32.2. The van der Waals surface area contributed by atoms with Crippen LogP contribution in [-0.4, -0.2) is 83.3 Å². The average Bonchev–Trinajstić information content (AvgIpc) is 3.40. The SMILES string of the molecule is [B]OC(=O)CO/N=C(\C(=O)C[C@@H]1C(=O)N2[C@@H]1SC[C@@H]1CC(=O)O[C@@]12C(=O)OCC=C(C)C)c1nc(N)sc1F. The minimum atomic E-state index is -1.93. The number of Topliss-reactive ketones (excluding diaryl/α,β-unsaturated/α-hetero) is 1. The highest BCUT2D eigenvalue weighted by Crippen LogP contribution is 2.54. The molecular weight excluding hydrogens is 558 g/mol. The largest absolute Gasteiger partial charge is 0.541 e. The lowest BCUT2D eigenvalue weighted by molar-refractivity contribution is -0.222. The van der Waals surface area contributed by atoms with Crippen molar-refractivity contribution in [3.63, 3.8) is 0 Å². The van der Waals surface area contributed by atoms with E-state index in [0.29, 0.717) is 11.3 Å². The maximum absolute atomic E-state index is 14.4. The number of oxime groups is 1. The Labute approximate surface area is 230 Å². The molecule has 17 heteroatoms. The van der Waals surface area contributed by atoms with Crippen LogP contribution in [0.5, 0.6) is 0 Å². The van der Waals surface area contributed by atoms with E-state index in [4.69, 9.17) is 28.1 Å². The molecule has 4 atom stereocenters. The standard InChI is InChI=1S/C22H22BFN4O9S2/c1-9(2)3-4-34-20(33)22-10(5-13(30)36-22)8-38-19-11(18(32)28(19)22)6-12(29)15(27-35-7-14(31)37-23)16-17(24)39-21(25)26-16/h3,10-11,19H,4-8H2,1-2H3,(H2,25,26)/b27-15+/t10-,11+,19+,22+/m0/s1. The van der Waals surface area contributed by atoms with Crippen molar-refractivity contribution in [1.82, 2.24) is 9.88 Å². The van der Waals surface area contributed by atoms with E-state index in [9.17, 15) is 28.4 Å². The summed E-state index contributed by atoms with van der Waals surface area (Å²) in [5.41, 5.74) is 3.37. The molecule has 3 fully saturated rings. The van der Waals surface area contributed by atoms with Gasteiger partial charge in [0.1, 0.15) is 12.3 Å². The topological polar surface area (TPSA) is 177 Å². The molecule has 1 amide bonds. The third-order valence-electron chi connectivity index (χ3n) is 6.18. The Balaban J connectivity index is 1.55. The lowest BCUT2D eigenvalue weighted by atomic mass is 9.84. The normalized spacial score (nSPS) is 25.6. The van der Waals surface area contributed by atoms with Crippen LogP contribution >= 0.6 is 23.1 Å². The number of allylic oxidation sites excluding steroid dienone is 1. The maximum Gasteiger partial charge on any atom is 0.378 e. The first kappa shape index (κ1) is 28.5. The van der Waals surface area contributed by atoms with Crippen molar-refractivity contribution >= 4 is 71.6 Å². The predicted molar refractivity (Wildman–Crippen MR) is 134 cm³/mol. The molecule has 2 N–H and O–H groups in total. The fourth-order valence-electron chi connectivity index (χ4n) is 4.39. The average molecular weight is 580 g/mol. The van der Waals surface area contributed by atoms with Crippen LogP contribution in [0, 0.1) is 17.0 Å². The molecule has 0 aromatic carbocycles. The first-order valence-electron chi connectivity index (χ1n) is 11.5. The number of amides is 1. The van der Waals surface area contributed by atoms with Crippen LogP contribution in [0.1, 0.15) is 32.4 Å². The molecule has 13 nitrogen and oxygen atoms in total. The third kappa shape index (κ3) is 5.37. The molecule has 1 aromatic heterocycles. The van der Waals surface area contributed by atoms with Crippen molar-refractivity contribution in [2.24, 2.45) is 17.0 Å². The molecule has 0 unspecified atom stereocenters. The Morgan fingerprint density at radius 3 is 2.74 bits per heavy atom. The summed E-state index contributed by atoms with van der Waals surface area (Å²) in [7, 11) is 4.73. The van der Waals surface area contributed by atoms with E-state index in [-0.39, 0.29) is 23.9 Å². The number of aromatic nitrogens is 1. The maximum atomic E-state index is 14.4. The van der Waals surface area contributed by atoms with E-state index in [0.717, 1.165) is 10.5 Å². The summed E-state index contributed by atoms with van der Waals surface area (Å²) >= 11 is 1.73. The number of carbonyl (C=O) groups is 5. The highest BCUT2D eigenvalue weighted by molar-refractivity contribution is 8.00. The molecule has 3 aliphatic heterocycles. The van der Waals surface area contributed by atoms with E-state index >= 15 is 0 Å². The summed E-state index contributed by atoms with van der Waals surface area (Å²) in [5.74, 6) is -5.34. The summed E-state index contributed by atoms with van der Waals surface area (Å²) < 4.78 is 29.2. The molecule has 39 heavy (non-hydrogen) atoms. The molecule has 1 aromatic rings. The van der Waals surface area contributed by atoms with Gasteiger partial charge in [0.25, 0.3) is 5.72 Å². The minimum Gasteiger partial charge on any atom is -0.541 e. The Bertz CT molecular complexity index is 1280. The predicted octanol–water partition coefficient (Wildman–Crippen LogP) is 0.471. The molecule has 3 saturated heterocycles. The van der Waals surface area contributed by atoms with Gasteiger partial charge >= 0.3 is 26.0 Å². The smallest absolute Gasteiger partial charge is 0.378 e. The molecule has 0 bridgehead atoms. The molecule has 2 radical (unpaired) electrons. The van der Waals surface area contributed by atoms with Crippen LogP contribution in [-0.2, 0) is 42.9 Å². The van der Waals surface area contributed by atoms with Gasteiger partial charge < -0.3 is 24.7 Å². The van der Waals surface area contributed by atoms with Crippen LogP contribution in [0.15, 0.2) is 16.8 Å². The fraction of sp³-hybridized carbons (Fsp3) is 0.500. The number of anilines is 1. The lowest BCUT2D eigenvalue weighted by Gasteiger charge is -2.57. The lowest BCUT2D eigenvalue weighted by Crippen LogP contribution is -2.75. The molecule has 0 spiro atoms. The first-order chi connectivity index (χ1) is 18.5. The van der Waals surface area contributed by atoms with Gasteiger partial charge in [-0.3, -0.25) is 19.3 Å². The number of β-lactam (4-membered cyclic amide) rings is 1. The number of nitrogens with zero attached hydrogens (tertiary/aromatic N) is 3. The van der Waals surface area contributed by atoms with Crippen molar-refractivity contribution in [2.45, 2.75) is 37.8 Å². The monoisotopic (exact) mass is 580 g/mol. The number of ketones is 1. The van der Waals surface area contributed by atoms with Crippen molar-refractivity contribution in [1.29, 1.82) is 0 Å². The second-order valence-corrected chi connectivity index (χ2v) is 11.1. The number of carbonyl (C=O) groups excluding carboxylic acids is 5.